The van der Waals surface area contributed by atoms with Gasteiger partial charge in [0.2, 0.25) is 0 Å². The molecule has 4 nitrogen and oxygen atoms in total. The molecule has 0 spiro atoms. The van der Waals surface area contributed by atoms with Crippen LogP contribution in [-0.2, 0) is 4.79 Å². The van der Waals surface area contributed by atoms with Crippen molar-refractivity contribution in [3.05, 3.63) is 97.6 Å². The van der Waals surface area contributed by atoms with Gasteiger partial charge in [0.25, 0.3) is 0 Å². The van der Waals surface area contributed by atoms with Crippen molar-refractivity contribution < 1.29 is 19.4 Å². The predicted octanol–water partition coefficient (Wildman–Crippen LogP) is 6.49. The molecule has 0 saturated heterocycles. The normalized spacial score (nSPS) is 10.5. The number of carbonyl (C=O) groups is 1. The van der Waals surface area contributed by atoms with Crippen LogP contribution in [0.4, 0.5) is 0 Å². The molecule has 148 valence electrons. The topological polar surface area (TPSA) is 55.8 Å². The maximum atomic E-state index is 11.6. The summed E-state index contributed by atoms with van der Waals surface area (Å²) in [6.07, 6.45) is 1.66. The van der Waals surface area contributed by atoms with Gasteiger partial charge in [-0.1, -0.05) is 48.5 Å². The van der Waals surface area contributed by atoms with Crippen LogP contribution in [0.3, 0.4) is 0 Å². The van der Waals surface area contributed by atoms with E-state index in [9.17, 15) is 9.90 Å². The first-order valence-electron chi connectivity index (χ1n) is 9.55. The van der Waals surface area contributed by atoms with E-state index in [2.05, 4.69) is 6.58 Å². The fourth-order valence-electron chi connectivity index (χ4n) is 3.21. The van der Waals surface area contributed by atoms with Crippen LogP contribution in [0.5, 0.6) is 23.0 Å². The van der Waals surface area contributed by atoms with Gasteiger partial charge in [0.15, 0.2) is 0 Å². The van der Waals surface area contributed by atoms with E-state index in [0.717, 1.165) is 27.6 Å². The molecule has 0 saturated carbocycles. The first-order chi connectivity index (χ1) is 14.6. The van der Waals surface area contributed by atoms with Crippen molar-refractivity contribution in [2.45, 2.75) is 6.42 Å². The number of rotatable bonds is 6. The minimum Gasteiger partial charge on any atom is -0.508 e. The predicted molar refractivity (Wildman–Crippen MR) is 118 cm³/mol. The van der Waals surface area contributed by atoms with Gasteiger partial charge in [0.05, 0.1) is 6.42 Å². The number of hydrogen-bond acceptors (Lipinski definition) is 4. The molecule has 0 aromatic heterocycles. The summed E-state index contributed by atoms with van der Waals surface area (Å²) in [6, 6.07) is 26.0. The molecule has 0 radical (unpaired) electrons. The minimum atomic E-state index is -0.359. The third-order valence-corrected chi connectivity index (χ3v) is 4.64. The molecule has 0 fully saturated rings. The highest BCUT2D eigenvalue weighted by Crippen LogP contribution is 2.40. The number of phenols is 1. The summed E-state index contributed by atoms with van der Waals surface area (Å²) < 4.78 is 11.5. The van der Waals surface area contributed by atoms with Crippen molar-refractivity contribution >= 4 is 16.7 Å². The van der Waals surface area contributed by atoms with Crippen LogP contribution in [0.1, 0.15) is 6.42 Å². The average molecular weight is 396 g/mol. The number of phenolic OH excluding ortho intramolecular Hbond substituents is 1. The Kier molecular flexibility index (Phi) is 5.48. The van der Waals surface area contributed by atoms with Crippen LogP contribution in [0.15, 0.2) is 97.6 Å². The summed E-state index contributed by atoms with van der Waals surface area (Å²) in [7, 11) is 0. The number of esters is 1. The Hall–Kier alpha value is -4.05. The van der Waals surface area contributed by atoms with E-state index < -0.39 is 0 Å². The molecule has 0 aliphatic heterocycles. The number of hydrogen-bond donors (Lipinski definition) is 1. The van der Waals surface area contributed by atoms with Crippen LogP contribution >= 0.6 is 0 Å². The highest BCUT2D eigenvalue weighted by atomic mass is 16.5. The van der Waals surface area contributed by atoms with Gasteiger partial charge >= 0.3 is 5.97 Å². The SMILES string of the molecule is C=CCC(=O)Oc1ccc(Oc2c(-c3ccc(O)cc3)ccc3ccccc23)cc1. The molecule has 30 heavy (non-hydrogen) atoms. The van der Waals surface area contributed by atoms with E-state index in [1.54, 1.807) is 36.4 Å². The lowest BCUT2D eigenvalue weighted by Gasteiger charge is -2.15. The Labute approximate surface area is 174 Å². The molecule has 4 aromatic carbocycles. The largest absolute Gasteiger partial charge is 0.508 e. The lowest BCUT2D eigenvalue weighted by Crippen LogP contribution is -2.05. The quantitative estimate of drug-likeness (QED) is 0.230. The third-order valence-electron chi connectivity index (χ3n) is 4.64. The third kappa shape index (κ3) is 4.18. The van der Waals surface area contributed by atoms with E-state index in [4.69, 9.17) is 9.47 Å². The van der Waals surface area contributed by atoms with Crippen LogP contribution < -0.4 is 9.47 Å². The average Bonchev–Trinajstić information content (AvgIpc) is 2.76. The second-order valence-electron chi connectivity index (χ2n) is 6.75. The molecular weight excluding hydrogens is 376 g/mol. The van der Waals surface area contributed by atoms with Gasteiger partial charge in [0.1, 0.15) is 23.0 Å². The smallest absolute Gasteiger partial charge is 0.315 e. The van der Waals surface area contributed by atoms with Crippen molar-refractivity contribution in [3.63, 3.8) is 0 Å². The lowest BCUT2D eigenvalue weighted by atomic mass is 9.99. The maximum absolute atomic E-state index is 11.6. The summed E-state index contributed by atoms with van der Waals surface area (Å²) in [5, 5.41) is 11.7. The molecular formula is C26H20O4. The van der Waals surface area contributed by atoms with E-state index >= 15 is 0 Å². The van der Waals surface area contributed by atoms with E-state index in [1.165, 1.54) is 6.08 Å². The molecule has 0 amide bonds. The number of fused-ring (bicyclic) bond motifs is 1. The summed E-state index contributed by atoms with van der Waals surface area (Å²) >= 11 is 0. The molecule has 1 N–H and O–H groups in total. The van der Waals surface area contributed by atoms with Crippen LogP contribution in [0.2, 0.25) is 0 Å². The fraction of sp³-hybridized carbons (Fsp3) is 0.0385. The van der Waals surface area contributed by atoms with Gasteiger partial charge in [-0.05, 0) is 53.4 Å². The Morgan fingerprint density at radius 3 is 2.30 bits per heavy atom. The van der Waals surface area contributed by atoms with Gasteiger partial charge in [-0.2, -0.15) is 0 Å². The monoisotopic (exact) mass is 396 g/mol. The van der Waals surface area contributed by atoms with Gasteiger partial charge in [-0.25, -0.2) is 0 Å². The fourth-order valence-corrected chi connectivity index (χ4v) is 3.21. The molecule has 0 atom stereocenters. The maximum Gasteiger partial charge on any atom is 0.315 e. The molecule has 0 aliphatic rings. The van der Waals surface area contributed by atoms with Gasteiger partial charge < -0.3 is 14.6 Å². The molecule has 0 bridgehead atoms. The first kappa shape index (κ1) is 19.3. The Morgan fingerprint density at radius 2 is 1.57 bits per heavy atom. The Bertz CT molecular complexity index is 1190. The van der Waals surface area contributed by atoms with E-state index in [1.807, 2.05) is 48.5 Å². The second kappa shape index (κ2) is 8.53. The zero-order valence-corrected chi connectivity index (χ0v) is 16.2. The Balaban J connectivity index is 1.70. The van der Waals surface area contributed by atoms with Crippen molar-refractivity contribution in [1.82, 2.24) is 0 Å². The van der Waals surface area contributed by atoms with Crippen molar-refractivity contribution in [3.8, 4) is 34.1 Å². The van der Waals surface area contributed by atoms with Crippen LogP contribution in [-0.4, -0.2) is 11.1 Å². The second-order valence-corrected chi connectivity index (χ2v) is 6.75. The van der Waals surface area contributed by atoms with Crippen LogP contribution in [0.25, 0.3) is 21.9 Å². The molecule has 4 heteroatoms. The molecule has 0 heterocycles. The zero-order valence-electron chi connectivity index (χ0n) is 16.2. The van der Waals surface area contributed by atoms with Crippen LogP contribution in [0, 0.1) is 0 Å². The summed E-state index contributed by atoms with van der Waals surface area (Å²) in [6.45, 7) is 3.53. The lowest BCUT2D eigenvalue weighted by molar-refractivity contribution is -0.133. The zero-order chi connectivity index (χ0) is 20.9. The van der Waals surface area contributed by atoms with Gasteiger partial charge in [-0.15, -0.1) is 6.58 Å². The Morgan fingerprint density at radius 1 is 0.867 bits per heavy atom. The molecule has 4 aromatic rings. The highest BCUT2D eigenvalue weighted by molar-refractivity contribution is 5.95. The number of carbonyl (C=O) groups excluding carboxylic acids is 1. The first-order valence-corrected chi connectivity index (χ1v) is 9.55. The van der Waals surface area contributed by atoms with E-state index in [0.29, 0.717) is 11.5 Å². The van der Waals surface area contributed by atoms with Crippen molar-refractivity contribution in [2.75, 3.05) is 0 Å². The number of ether oxygens (including phenoxy) is 2. The number of benzene rings is 4. The molecule has 0 aliphatic carbocycles. The standard InChI is InChI=1S/C26H20O4/c1-2-5-25(28)29-21-13-15-22(16-14-21)30-26-23-7-4-3-6-18(23)10-17-24(26)19-8-11-20(27)12-9-19/h2-4,6-17,27H,1,5H2. The highest BCUT2D eigenvalue weighted by Gasteiger charge is 2.13. The van der Waals surface area contributed by atoms with Crippen molar-refractivity contribution in [1.29, 1.82) is 0 Å². The summed E-state index contributed by atoms with van der Waals surface area (Å²) in [5.41, 5.74) is 1.85. The van der Waals surface area contributed by atoms with Crippen molar-refractivity contribution in [2.24, 2.45) is 0 Å². The minimum absolute atomic E-state index is 0.157. The number of aromatic hydroxyl groups is 1. The van der Waals surface area contributed by atoms with Gasteiger partial charge in [0, 0.05) is 10.9 Å². The summed E-state index contributed by atoms with van der Waals surface area (Å²) in [5.74, 6) is 1.64. The molecule has 0 unspecified atom stereocenters. The van der Waals surface area contributed by atoms with E-state index in [-0.39, 0.29) is 18.1 Å². The molecule has 4 rings (SSSR count). The van der Waals surface area contributed by atoms with Gasteiger partial charge in [-0.3, -0.25) is 4.79 Å². The summed E-state index contributed by atoms with van der Waals surface area (Å²) in [4.78, 5) is 11.6.